The van der Waals surface area contributed by atoms with Crippen LogP contribution in [-0.4, -0.2) is 0 Å². The summed E-state index contributed by atoms with van der Waals surface area (Å²) < 4.78 is 0. The highest BCUT2D eigenvalue weighted by Gasteiger charge is 2.23. The lowest BCUT2D eigenvalue weighted by Crippen LogP contribution is -2.25. The summed E-state index contributed by atoms with van der Waals surface area (Å²) in [5.74, 6) is 0.702. The molecule has 1 fully saturated rings. The van der Waals surface area contributed by atoms with Crippen LogP contribution in [0.4, 0.5) is 0 Å². The Hall–Kier alpha value is -0.820. The summed E-state index contributed by atoms with van der Waals surface area (Å²) in [6, 6.07) is 6.75. The third-order valence-electron chi connectivity index (χ3n) is 4.03. The number of hydrogen-bond donors (Lipinski definition) is 1. The molecular weight excluding hydrogens is 194 g/mol. The fourth-order valence-electron chi connectivity index (χ4n) is 3.08. The molecule has 16 heavy (non-hydrogen) atoms. The Bertz CT molecular complexity index is 330. The van der Waals surface area contributed by atoms with E-state index in [2.05, 4.69) is 32.0 Å². The Kier molecular flexibility index (Phi) is 3.65. The Labute approximate surface area is 99.0 Å². The first kappa shape index (κ1) is 11.7. The van der Waals surface area contributed by atoms with Crippen molar-refractivity contribution in [1.29, 1.82) is 0 Å². The third-order valence-corrected chi connectivity index (χ3v) is 4.03. The van der Waals surface area contributed by atoms with Gasteiger partial charge in [-0.05, 0) is 49.3 Å². The molecule has 2 rings (SSSR count). The highest BCUT2D eigenvalue weighted by molar-refractivity contribution is 5.36. The maximum atomic E-state index is 6.47. The topological polar surface area (TPSA) is 26.0 Å². The van der Waals surface area contributed by atoms with E-state index in [9.17, 15) is 0 Å². The molecule has 1 heteroatoms. The van der Waals surface area contributed by atoms with Gasteiger partial charge in [-0.25, -0.2) is 0 Å². The molecule has 0 heterocycles. The number of nitrogens with two attached hydrogens (primary N) is 1. The first-order chi connectivity index (χ1) is 7.70. The molecular formula is C15H23N. The molecule has 0 radical (unpaired) electrons. The van der Waals surface area contributed by atoms with Gasteiger partial charge in [-0.2, -0.15) is 0 Å². The Morgan fingerprint density at radius 2 is 1.62 bits per heavy atom. The summed E-state index contributed by atoms with van der Waals surface area (Å²) in [5, 5.41) is 0. The van der Waals surface area contributed by atoms with Gasteiger partial charge >= 0.3 is 0 Å². The average molecular weight is 217 g/mol. The Balaban J connectivity index is 2.22. The van der Waals surface area contributed by atoms with E-state index in [0.29, 0.717) is 5.92 Å². The van der Waals surface area contributed by atoms with Crippen molar-refractivity contribution in [2.45, 2.75) is 52.0 Å². The van der Waals surface area contributed by atoms with Gasteiger partial charge in [-0.3, -0.25) is 0 Å². The van der Waals surface area contributed by atoms with E-state index in [0.717, 1.165) is 0 Å². The second kappa shape index (κ2) is 5.01. The van der Waals surface area contributed by atoms with Gasteiger partial charge in [0.15, 0.2) is 0 Å². The van der Waals surface area contributed by atoms with Crippen molar-refractivity contribution in [3.8, 4) is 0 Å². The Morgan fingerprint density at radius 3 is 2.19 bits per heavy atom. The smallest absolute Gasteiger partial charge is 0.0328 e. The van der Waals surface area contributed by atoms with Gasteiger partial charge in [0, 0.05) is 6.04 Å². The van der Waals surface area contributed by atoms with Crippen LogP contribution in [0.2, 0.25) is 0 Å². The van der Waals surface area contributed by atoms with Crippen LogP contribution < -0.4 is 5.73 Å². The molecule has 1 atom stereocenters. The van der Waals surface area contributed by atoms with Crippen LogP contribution in [0.25, 0.3) is 0 Å². The van der Waals surface area contributed by atoms with Crippen molar-refractivity contribution in [3.63, 3.8) is 0 Å². The summed E-state index contributed by atoms with van der Waals surface area (Å²) in [5.41, 5.74) is 10.6. The zero-order valence-electron chi connectivity index (χ0n) is 10.5. The van der Waals surface area contributed by atoms with Crippen molar-refractivity contribution >= 4 is 0 Å². The molecule has 0 saturated heterocycles. The number of aryl methyl sites for hydroxylation is 2. The van der Waals surface area contributed by atoms with Gasteiger partial charge in [-0.15, -0.1) is 0 Å². The fourth-order valence-corrected chi connectivity index (χ4v) is 3.08. The fraction of sp³-hybridized carbons (Fsp3) is 0.600. The standard InChI is InChI=1S/C15H23N/c1-11-7-6-8-12(2)14(11)15(16)13-9-4-3-5-10-13/h6-8,13,15H,3-5,9-10,16H2,1-2H3. The van der Waals surface area contributed by atoms with Crippen LogP contribution in [0.3, 0.4) is 0 Å². The summed E-state index contributed by atoms with van der Waals surface area (Å²) in [4.78, 5) is 0. The monoisotopic (exact) mass is 217 g/mol. The van der Waals surface area contributed by atoms with Crippen LogP contribution >= 0.6 is 0 Å². The lowest BCUT2D eigenvalue weighted by molar-refractivity contribution is 0.307. The van der Waals surface area contributed by atoms with Gasteiger partial charge in [-0.1, -0.05) is 37.5 Å². The number of rotatable bonds is 2. The highest BCUT2D eigenvalue weighted by atomic mass is 14.7. The lowest BCUT2D eigenvalue weighted by atomic mass is 9.79. The molecule has 0 spiro atoms. The van der Waals surface area contributed by atoms with Gasteiger partial charge < -0.3 is 5.73 Å². The molecule has 1 saturated carbocycles. The highest BCUT2D eigenvalue weighted by Crippen LogP contribution is 2.35. The van der Waals surface area contributed by atoms with Crippen LogP contribution in [0.15, 0.2) is 18.2 Å². The van der Waals surface area contributed by atoms with E-state index in [4.69, 9.17) is 5.73 Å². The zero-order chi connectivity index (χ0) is 11.5. The van der Waals surface area contributed by atoms with Crippen molar-refractivity contribution < 1.29 is 0 Å². The van der Waals surface area contributed by atoms with E-state index in [1.807, 2.05) is 0 Å². The van der Waals surface area contributed by atoms with E-state index >= 15 is 0 Å². The molecule has 88 valence electrons. The molecule has 1 aliphatic rings. The molecule has 0 amide bonds. The van der Waals surface area contributed by atoms with Gasteiger partial charge in [0.05, 0.1) is 0 Å². The molecule has 0 aromatic heterocycles. The first-order valence-electron chi connectivity index (χ1n) is 6.52. The number of benzene rings is 1. The lowest BCUT2D eigenvalue weighted by Gasteiger charge is -2.29. The zero-order valence-corrected chi connectivity index (χ0v) is 10.5. The summed E-state index contributed by atoms with van der Waals surface area (Å²) in [7, 11) is 0. The largest absolute Gasteiger partial charge is 0.324 e. The quantitative estimate of drug-likeness (QED) is 0.799. The minimum absolute atomic E-state index is 0.251. The van der Waals surface area contributed by atoms with Crippen molar-refractivity contribution in [3.05, 3.63) is 34.9 Å². The minimum Gasteiger partial charge on any atom is -0.324 e. The van der Waals surface area contributed by atoms with Gasteiger partial charge in [0.25, 0.3) is 0 Å². The molecule has 1 aliphatic carbocycles. The van der Waals surface area contributed by atoms with Crippen LogP contribution in [-0.2, 0) is 0 Å². The summed E-state index contributed by atoms with van der Waals surface area (Å²) in [6.45, 7) is 4.37. The van der Waals surface area contributed by atoms with E-state index in [1.165, 1.54) is 48.8 Å². The minimum atomic E-state index is 0.251. The molecule has 0 aliphatic heterocycles. The normalized spacial score (nSPS) is 19.7. The van der Waals surface area contributed by atoms with Gasteiger partial charge in [0.1, 0.15) is 0 Å². The SMILES string of the molecule is Cc1cccc(C)c1C(N)C1CCCCC1. The van der Waals surface area contributed by atoms with E-state index in [-0.39, 0.29) is 6.04 Å². The van der Waals surface area contributed by atoms with Crippen LogP contribution in [0.5, 0.6) is 0 Å². The molecule has 0 bridgehead atoms. The maximum Gasteiger partial charge on any atom is 0.0328 e. The maximum absolute atomic E-state index is 6.47. The first-order valence-corrected chi connectivity index (χ1v) is 6.52. The summed E-state index contributed by atoms with van der Waals surface area (Å²) >= 11 is 0. The number of hydrogen-bond acceptors (Lipinski definition) is 1. The predicted octanol–water partition coefficient (Wildman–Crippen LogP) is 3.88. The summed E-state index contributed by atoms with van der Waals surface area (Å²) in [6.07, 6.45) is 6.76. The van der Waals surface area contributed by atoms with Crippen molar-refractivity contribution in [1.82, 2.24) is 0 Å². The predicted molar refractivity (Wildman–Crippen MR) is 69.4 cm³/mol. The third kappa shape index (κ3) is 2.30. The van der Waals surface area contributed by atoms with E-state index < -0.39 is 0 Å². The Morgan fingerprint density at radius 1 is 1.06 bits per heavy atom. The van der Waals surface area contributed by atoms with Gasteiger partial charge in [0.2, 0.25) is 0 Å². The molecule has 1 nitrogen and oxygen atoms in total. The molecule has 1 unspecified atom stereocenters. The van der Waals surface area contributed by atoms with Crippen molar-refractivity contribution in [2.24, 2.45) is 11.7 Å². The van der Waals surface area contributed by atoms with Crippen LogP contribution in [0, 0.1) is 19.8 Å². The van der Waals surface area contributed by atoms with E-state index in [1.54, 1.807) is 0 Å². The average Bonchev–Trinajstić information content (AvgIpc) is 2.30. The van der Waals surface area contributed by atoms with Crippen molar-refractivity contribution in [2.75, 3.05) is 0 Å². The van der Waals surface area contributed by atoms with Crippen LogP contribution in [0.1, 0.15) is 54.8 Å². The second-order valence-corrected chi connectivity index (χ2v) is 5.23. The molecule has 1 aromatic rings. The second-order valence-electron chi connectivity index (χ2n) is 5.23. The molecule has 2 N–H and O–H groups in total. The molecule has 1 aromatic carbocycles.